The lowest BCUT2D eigenvalue weighted by atomic mass is 10.0. The van der Waals surface area contributed by atoms with Gasteiger partial charge in [-0.25, -0.2) is 4.79 Å². The minimum absolute atomic E-state index is 0.232. The fourth-order valence-corrected chi connectivity index (χ4v) is 1.46. The third kappa shape index (κ3) is 3.37. The molecular weight excluding hydrogens is 246 g/mol. The summed E-state index contributed by atoms with van der Waals surface area (Å²) < 4.78 is 4.90. The summed E-state index contributed by atoms with van der Waals surface area (Å²) in [6, 6.07) is 4.89. The molecule has 5 N–H and O–H groups in total. The summed E-state index contributed by atoms with van der Waals surface area (Å²) in [5, 5.41) is 2.92. The van der Waals surface area contributed by atoms with Gasteiger partial charge in [-0.1, -0.05) is 6.07 Å². The molecule has 0 bridgehead atoms. The molecule has 0 heterocycles. The average Bonchev–Trinajstić information content (AvgIpc) is 2.31. The van der Waals surface area contributed by atoms with Crippen molar-refractivity contribution in [2.75, 3.05) is 17.7 Å². The summed E-state index contributed by atoms with van der Waals surface area (Å²) in [4.78, 5) is 23.0. The second-order valence-corrected chi connectivity index (χ2v) is 4.60. The quantitative estimate of drug-likeness (QED) is 0.546. The largest absolute Gasteiger partial charge is 0.462 e. The lowest BCUT2D eigenvalue weighted by Gasteiger charge is -2.25. The first kappa shape index (κ1) is 14.8. The Balaban J connectivity index is 3.08. The Bertz CT molecular complexity index is 498. The van der Waals surface area contributed by atoms with Gasteiger partial charge < -0.3 is 21.5 Å². The third-order valence-corrected chi connectivity index (χ3v) is 2.66. The molecule has 0 spiro atoms. The lowest BCUT2D eigenvalue weighted by Crippen LogP contribution is -2.45. The van der Waals surface area contributed by atoms with Crippen molar-refractivity contribution in [3.8, 4) is 0 Å². The number of anilines is 2. The molecular formula is C13H19N3O3. The van der Waals surface area contributed by atoms with E-state index in [0.717, 1.165) is 0 Å². The van der Waals surface area contributed by atoms with Crippen molar-refractivity contribution in [1.29, 1.82) is 0 Å². The number of amides is 1. The van der Waals surface area contributed by atoms with Crippen LogP contribution in [0.1, 0.15) is 31.1 Å². The Morgan fingerprint density at radius 2 is 2.00 bits per heavy atom. The van der Waals surface area contributed by atoms with Crippen molar-refractivity contribution in [2.24, 2.45) is 5.73 Å². The SMILES string of the molecule is CCOC(=O)c1cccc(NC(C)(C)C(N)=O)c1N. The number of primary amides is 1. The highest BCUT2D eigenvalue weighted by atomic mass is 16.5. The van der Waals surface area contributed by atoms with Crippen LogP contribution >= 0.6 is 0 Å². The molecule has 0 aromatic heterocycles. The molecule has 19 heavy (non-hydrogen) atoms. The van der Waals surface area contributed by atoms with E-state index in [2.05, 4.69) is 5.32 Å². The Labute approximate surface area is 112 Å². The normalized spacial score (nSPS) is 10.9. The highest BCUT2D eigenvalue weighted by Gasteiger charge is 2.26. The van der Waals surface area contributed by atoms with E-state index in [1.165, 1.54) is 0 Å². The zero-order valence-corrected chi connectivity index (χ0v) is 11.3. The zero-order chi connectivity index (χ0) is 14.6. The van der Waals surface area contributed by atoms with E-state index in [4.69, 9.17) is 16.2 Å². The molecule has 0 saturated heterocycles. The lowest BCUT2D eigenvalue weighted by molar-refractivity contribution is -0.121. The van der Waals surface area contributed by atoms with Crippen molar-refractivity contribution < 1.29 is 14.3 Å². The number of hydrogen-bond acceptors (Lipinski definition) is 5. The van der Waals surface area contributed by atoms with Crippen LogP contribution in [-0.4, -0.2) is 24.0 Å². The van der Waals surface area contributed by atoms with Crippen LogP contribution in [0.3, 0.4) is 0 Å². The number of nitrogen functional groups attached to an aromatic ring is 1. The maximum Gasteiger partial charge on any atom is 0.340 e. The first-order valence-corrected chi connectivity index (χ1v) is 5.93. The fraction of sp³-hybridized carbons (Fsp3) is 0.385. The van der Waals surface area contributed by atoms with E-state index in [-0.39, 0.29) is 17.9 Å². The van der Waals surface area contributed by atoms with Crippen LogP contribution in [0, 0.1) is 0 Å². The minimum atomic E-state index is -0.971. The fourth-order valence-electron chi connectivity index (χ4n) is 1.46. The molecule has 0 radical (unpaired) electrons. The molecule has 6 heteroatoms. The first-order chi connectivity index (χ1) is 8.79. The van der Waals surface area contributed by atoms with Gasteiger partial charge in [0.15, 0.2) is 0 Å². The van der Waals surface area contributed by atoms with E-state index in [1.54, 1.807) is 39.0 Å². The van der Waals surface area contributed by atoms with E-state index < -0.39 is 17.4 Å². The number of nitrogens with two attached hydrogens (primary N) is 2. The molecule has 6 nitrogen and oxygen atoms in total. The molecule has 0 aliphatic heterocycles. The highest BCUT2D eigenvalue weighted by molar-refractivity contribution is 5.99. The van der Waals surface area contributed by atoms with Crippen molar-refractivity contribution >= 4 is 23.3 Å². The predicted molar refractivity (Wildman–Crippen MR) is 73.7 cm³/mol. The van der Waals surface area contributed by atoms with Gasteiger partial charge in [0.2, 0.25) is 5.91 Å². The second kappa shape index (κ2) is 5.60. The second-order valence-electron chi connectivity index (χ2n) is 4.60. The molecule has 0 atom stereocenters. The molecule has 1 aromatic carbocycles. The van der Waals surface area contributed by atoms with Crippen LogP contribution in [0.15, 0.2) is 18.2 Å². The van der Waals surface area contributed by atoms with Crippen LogP contribution in [0.5, 0.6) is 0 Å². The van der Waals surface area contributed by atoms with Crippen molar-refractivity contribution in [2.45, 2.75) is 26.3 Å². The van der Waals surface area contributed by atoms with E-state index in [1.807, 2.05) is 0 Å². The van der Waals surface area contributed by atoms with Gasteiger partial charge in [0.25, 0.3) is 0 Å². The number of esters is 1. The smallest absolute Gasteiger partial charge is 0.340 e. The molecule has 104 valence electrons. The minimum Gasteiger partial charge on any atom is -0.462 e. The van der Waals surface area contributed by atoms with Crippen LogP contribution in [0.4, 0.5) is 11.4 Å². The Kier molecular flexibility index (Phi) is 4.37. The first-order valence-electron chi connectivity index (χ1n) is 5.93. The van der Waals surface area contributed by atoms with Gasteiger partial charge in [0, 0.05) is 0 Å². The maximum atomic E-state index is 11.7. The summed E-state index contributed by atoms with van der Waals surface area (Å²) in [6.45, 7) is 5.24. The number of hydrogen-bond donors (Lipinski definition) is 3. The Morgan fingerprint density at radius 3 is 2.53 bits per heavy atom. The molecule has 1 amide bonds. The predicted octanol–water partition coefficient (Wildman–Crippen LogP) is 1.12. The maximum absolute atomic E-state index is 11.7. The molecule has 0 aliphatic carbocycles. The van der Waals surface area contributed by atoms with Gasteiger partial charge in [0.1, 0.15) is 5.54 Å². The third-order valence-electron chi connectivity index (χ3n) is 2.66. The van der Waals surface area contributed by atoms with Gasteiger partial charge in [-0.3, -0.25) is 4.79 Å². The molecule has 0 saturated carbocycles. The molecule has 0 unspecified atom stereocenters. The van der Waals surface area contributed by atoms with E-state index >= 15 is 0 Å². The summed E-state index contributed by atoms with van der Waals surface area (Å²) in [5.41, 5.74) is 11.2. The van der Waals surface area contributed by atoms with Crippen molar-refractivity contribution in [3.63, 3.8) is 0 Å². The summed E-state index contributed by atoms with van der Waals surface area (Å²) >= 11 is 0. The molecule has 1 aromatic rings. The van der Waals surface area contributed by atoms with Gasteiger partial charge in [-0.15, -0.1) is 0 Å². The number of ether oxygens (including phenoxy) is 1. The van der Waals surface area contributed by atoms with Gasteiger partial charge in [0.05, 0.1) is 23.5 Å². The molecule has 1 rings (SSSR count). The van der Waals surface area contributed by atoms with Crippen LogP contribution in [-0.2, 0) is 9.53 Å². The number of nitrogens with one attached hydrogen (secondary N) is 1. The van der Waals surface area contributed by atoms with E-state index in [9.17, 15) is 9.59 Å². The Hall–Kier alpha value is -2.24. The van der Waals surface area contributed by atoms with Crippen LogP contribution in [0.25, 0.3) is 0 Å². The van der Waals surface area contributed by atoms with Crippen LogP contribution < -0.4 is 16.8 Å². The number of carbonyl (C=O) groups is 2. The number of carbonyl (C=O) groups excluding carboxylic acids is 2. The summed E-state index contributed by atoms with van der Waals surface area (Å²) in [5.74, 6) is -1.02. The number of rotatable bonds is 5. The van der Waals surface area contributed by atoms with Gasteiger partial charge in [-0.05, 0) is 32.9 Å². The standard InChI is InChI=1S/C13H19N3O3/c1-4-19-11(17)8-6-5-7-9(10(8)14)16-13(2,3)12(15)18/h5-7,16H,4,14H2,1-3H3,(H2,15,18). The molecule has 0 fully saturated rings. The van der Waals surface area contributed by atoms with Gasteiger partial charge >= 0.3 is 5.97 Å². The highest BCUT2D eigenvalue weighted by Crippen LogP contribution is 2.26. The van der Waals surface area contributed by atoms with Crippen LogP contribution in [0.2, 0.25) is 0 Å². The zero-order valence-electron chi connectivity index (χ0n) is 11.3. The van der Waals surface area contributed by atoms with Gasteiger partial charge in [-0.2, -0.15) is 0 Å². The Morgan fingerprint density at radius 1 is 1.37 bits per heavy atom. The number of benzene rings is 1. The monoisotopic (exact) mass is 265 g/mol. The van der Waals surface area contributed by atoms with E-state index in [0.29, 0.717) is 5.69 Å². The topological polar surface area (TPSA) is 107 Å². The summed E-state index contributed by atoms with van der Waals surface area (Å²) in [7, 11) is 0. The average molecular weight is 265 g/mol. The van der Waals surface area contributed by atoms with Crippen molar-refractivity contribution in [3.05, 3.63) is 23.8 Å². The number of para-hydroxylation sites is 1. The molecule has 0 aliphatic rings. The van der Waals surface area contributed by atoms with Crippen molar-refractivity contribution in [1.82, 2.24) is 0 Å². The summed E-state index contributed by atoms with van der Waals surface area (Å²) in [6.07, 6.45) is 0.